The Morgan fingerprint density at radius 2 is 1.36 bits per heavy atom. The van der Waals surface area contributed by atoms with Gasteiger partial charge in [-0.1, -0.05) is 13.8 Å². The lowest BCUT2D eigenvalue weighted by Gasteiger charge is -2.26. The average Bonchev–Trinajstić information content (AvgIpc) is 3.01. The third kappa shape index (κ3) is 14.6. The Bertz CT molecular complexity index is 1630. The highest BCUT2D eigenvalue weighted by molar-refractivity contribution is 6.00. The summed E-state index contributed by atoms with van der Waals surface area (Å²) in [4.78, 5) is 83.9. The van der Waals surface area contributed by atoms with Gasteiger partial charge in [-0.2, -0.15) is 0 Å². The Balaban J connectivity index is 2.33. The van der Waals surface area contributed by atoms with E-state index in [0.29, 0.717) is 23.1 Å². The molecule has 0 fully saturated rings. The molecule has 0 aliphatic carbocycles. The molecule has 2 rings (SSSR count). The summed E-state index contributed by atoms with van der Waals surface area (Å²) in [5, 5.41) is 20.3. The molecule has 0 bridgehead atoms. The van der Waals surface area contributed by atoms with Gasteiger partial charge in [-0.3, -0.25) is 34.0 Å². The van der Waals surface area contributed by atoms with E-state index >= 15 is 0 Å². The molecule has 18 nitrogen and oxygen atoms in total. The van der Waals surface area contributed by atoms with Gasteiger partial charge in [-0.25, -0.2) is 4.79 Å². The number of guanidine groups is 2. The van der Waals surface area contributed by atoms with E-state index < -0.39 is 59.8 Å². The smallest absolute Gasteiger partial charge is 0.336 e. The van der Waals surface area contributed by atoms with Crippen LogP contribution in [-0.4, -0.2) is 77.8 Å². The number of benzene rings is 1. The first kappa shape index (κ1) is 40.5. The summed E-state index contributed by atoms with van der Waals surface area (Å²) in [5.41, 5.74) is 22.4. The van der Waals surface area contributed by atoms with Crippen molar-refractivity contribution in [3.8, 4) is 0 Å². The molecule has 50 heavy (non-hydrogen) atoms. The number of hydrogen-bond donors (Lipinski definition) is 9. The molecule has 0 aliphatic heterocycles. The first-order valence-electron chi connectivity index (χ1n) is 16.1. The Hall–Kier alpha value is -5.68. The Morgan fingerprint density at radius 3 is 1.90 bits per heavy atom. The summed E-state index contributed by atoms with van der Waals surface area (Å²) in [6.45, 7) is 5.73. The van der Waals surface area contributed by atoms with Gasteiger partial charge < -0.3 is 53.7 Å². The number of nitrogens with zero attached hydrogens (tertiary/aromatic N) is 2. The molecule has 2 aromatic rings. The first-order chi connectivity index (χ1) is 23.5. The van der Waals surface area contributed by atoms with Gasteiger partial charge in [0.25, 0.3) is 0 Å². The van der Waals surface area contributed by atoms with E-state index in [4.69, 9.17) is 32.5 Å². The molecule has 0 saturated carbocycles. The molecule has 1 aromatic heterocycles. The van der Waals surface area contributed by atoms with Crippen LogP contribution in [0.15, 0.2) is 43.5 Å². The monoisotopic (exact) mass is 700 g/mol. The van der Waals surface area contributed by atoms with Crippen molar-refractivity contribution in [3.05, 3.63) is 40.2 Å². The Morgan fingerprint density at radius 1 is 0.800 bits per heavy atom. The Labute approximate surface area is 288 Å². The fraction of sp³-hybridized carbons (Fsp3) is 0.500. The second-order valence-electron chi connectivity index (χ2n) is 12.1. The predicted octanol–water partition coefficient (Wildman–Crippen LogP) is -0.488. The average molecular weight is 701 g/mol. The van der Waals surface area contributed by atoms with Crippen LogP contribution < -0.4 is 49.8 Å². The van der Waals surface area contributed by atoms with E-state index in [2.05, 4.69) is 31.3 Å². The van der Waals surface area contributed by atoms with Crippen LogP contribution in [0.3, 0.4) is 0 Å². The quantitative estimate of drug-likeness (QED) is 0.0366. The Kier molecular flexibility index (Phi) is 16.2. The van der Waals surface area contributed by atoms with Crippen LogP contribution in [0.5, 0.6) is 0 Å². The van der Waals surface area contributed by atoms with Gasteiger partial charge in [-0.05, 0) is 62.6 Å². The molecule has 3 atom stereocenters. The molecule has 4 amide bonds. The molecule has 0 spiro atoms. The maximum atomic E-state index is 13.7. The lowest BCUT2D eigenvalue weighted by atomic mass is 10.0. The van der Waals surface area contributed by atoms with Crippen LogP contribution in [0.25, 0.3) is 11.0 Å². The van der Waals surface area contributed by atoms with Crippen molar-refractivity contribution in [3.63, 3.8) is 0 Å². The van der Waals surface area contributed by atoms with E-state index in [1.165, 1.54) is 12.1 Å². The van der Waals surface area contributed by atoms with Crippen molar-refractivity contribution >= 4 is 58.2 Å². The third-order valence-corrected chi connectivity index (χ3v) is 7.30. The second-order valence-corrected chi connectivity index (χ2v) is 12.1. The molecule has 18 heteroatoms. The summed E-state index contributed by atoms with van der Waals surface area (Å²) < 4.78 is 5.28. The van der Waals surface area contributed by atoms with Crippen LogP contribution in [0.1, 0.15) is 64.4 Å². The number of carboxylic acid groups (broad SMARTS) is 1. The van der Waals surface area contributed by atoms with Gasteiger partial charge in [0.2, 0.25) is 23.6 Å². The largest absolute Gasteiger partial charge is 0.481 e. The van der Waals surface area contributed by atoms with E-state index in [1.54, 1.807) is 19.1 Å². The fourth-order valence-electron chi connectivity index (χ4n) is 4.91. The highest BCUT2D eigenvalue weighted by Crippen LogP contribution is 2.21. The topological polar surface area (TPSA) is 313 Å². The fourth-order valence-corrected chi connectivity index (χ4v) is 4.91. The van der Waals surface area contributed by atoms with Crippen molar-refractivity contribution in [1.82, 2.24) is 16.0 Å². The number of rotatable bonds is 20. The predicted molar refractivity (Wildman–Crippen MR) is 188 cm³/mol. The zero-order valence-corrected chi connectivity index (χ0v) is 28.5. The summed E-state index contributed by atoms with van der Waals surface area (Å²) in [6.07, 6.45) is 0.161. The van der Waals surface area contributed by atoms with Crippen LogP contribution in [0.4, 0.5) is 5.69 Å². The van der Waals surface area contributed by atoms with Crippen LogP contribution in [0.2, 0.25) is 0 Å². The van der Waals surface area contributed by atoms with E-state index in [0.717, 1.165) is 0 Å². The van der Waals surface area contributed by atoms with Crippen LogP contribution >= 0.6 is 0 Å². The molecule has 0 saturated heterocycles. The van der Waals surface area contributed by atoms with Gasteiger partial charge in [-0.15, -0.1) is 0 Å². The molecule has 274 valence electrons. The van der Waals surface area contributed by atoms with Gasteiger partial charge in [0.05, 0.1) is 6.42 Å². The number of amides is 4. The minimum Gasteiger partial charge on any atom is -0.481 e. The van der Waals surface area contributed by atoms with Crippen molar-refractivity contribution in [2.75, 3.05) is 18.4 Å². The van der Waals surface area contributed by atoms with E-state index in [-0.39, 0.29) is 68.6 Å². The standard InChI is InChI=1S/C32H48N10O8/c1-17(2)14-23(40-25(43)10-11-26(44)45)30(49)42-22(7-5-13-38-32(35)36)29(48)41-21(6-4-12-37-31(33)34)28(47)39-19-8-9-20-18(3)15-27(46)50-24(20)16-19/h8-9,15-17,21-23H,4-7,10-14H2,1-3H3,(H,39,47)(H,40,43)(H,41,48)(H,42,49)(H,44,45)(H4,33,34,37)(H4,35,36,38)/t21-,22-,23-/m0/s1. The molecular formula is C32H48N10O8. The number of nitrogens with one attached hydrogen (secondary N) is 4. The SMILES string of the molecule is Cc1cc(=O)oc2cc(NC(=O)[C@H](CCCN=C(N)N)NC(=O)[C@H](CCCN=C(N)N)NC(=O)[C@H](CC(C)C)NC(=O)CCC(=O)O)ccc12. The molecular weight excluding hydrogens is 652 g/mol. The number of carbonyl (C=O) groups is 5. The zero-order chi connectivity index (χ0) is 37.4. The number of nitrogens with two attached hydrogens (primary N) is 4. The lowest BCUT2D eigenvalue weighted by Crippen LogP contribution is -2.56. The highest BCUT2D eigenvalue weighted by atomic mass is 16.4. The normalized spacial score (nSPS) is 12.6. The summed E-state index contributed by atoms with van der Waals surface area (Å²) >= 11 is 0. The molecule has 1 heterocycles. The molecule has 0 radical (unpaired) electrons. The molecule has 0 aliphatic rings. The number of carboxylic acids is 1. The minimum absolute atomic E-state index is 0.0509. The minimum atomic E-state index is -1.19. The van der Waals surface area contributed by atoms with Crippen molar-refractivity contribution < 1.29 is 33.5 Å². The van der Waals surface area contributed by atoms with Crippen molar-refractivity contribution in [2.24, 2.45) is 38.8 Å². The van der Waals surface area contributed by atoms with Gasteiger partial charge in [0.1, 0.15) is 23.7 Å². The summed E-state index contributed by atoms with van der Waals surface area (Å²) in [7, 11) is 0. The number of fused-ring (bicyclic) bond motifs is 1. The van der Waals surface area contributed by atoms with Gasteiger partial charge in [0.15, 0.2) is 11.9 Å². The first-order valence-corrected chi connectivity index (χ1v) is 16.1. The number of carbonyl (C=O) groups excluding carboxylic acids is 4. The number of aliphatic carboxylic acids is 1. The van der Waals surface area contributed by atoms with Crippen LogP contribution in [-0.2, 0) is 24.0 Å². The summed E-state index contributed by atoms with van der Waals surface area (Å²) in [5.74, 6) is -4.13. The molecule has 1 aromatic carbocycles. The maximum Gasteiger partial charge on any atom is 0.336 e. The number of anilines is 1. The van der Waals surface area contributed by atoms with Gasteiger partial charge in [0, 0.05) is 42.7 Å². The second kappa shape index (κ2) is 20.0. The zero-order valence-electron chi connectivity index (χ0n) is 28.5. The molecule has 0 unspecified atom stereocenters. The van der Waals surface area contributed by atoms with E-state index in [1.807, 2.05) is 13.8 Å². The highest BCUT2D eigenvalue weighted by Gasteiger charge is 2.30. The number of aliphatic imine (C=N–C) groups is 2. The van der Waals surface area contributed by atoms with Gasteiger partial charge >= 0.3 is 11.6 Å². The maximum absolute atomic E-state index is 13.7. The number of hydrogen-bond acceptors (Lipinski definition) is 9. The number of aryl methyl sites for hydroxylation is 1. The van der Waals surface area contributed by atoms with E-state index in [9.17, 15) is 28.8 Å². The van der Waals surface area contributed by atoms with Crippen molar-refractivity contribution in [1.29, 1.82) is 0 Å². The van der Waals surface area contributed by atoms with Crippen molar-refractivity contribution in [2.45, 2.75) is 83.8 Å². The lowest BCUT2D eigenvalue weighted by molar-refractivity contribution is -0.139. The third-order valence-electron chi connectivity index (χ3n) is 7.30. The van der Waals surface area contributed by atoms with Crippen LogP contribution in [0, 0.1) is 12.8 Å². The molecule has 13 N–H and O–H groups in total. The summed E-state index contributed by atoms with van der Waals surface area (Å²) in [6, 6.07) is 2.77.